The second kappa shape index (κ2) is 8.24. The van der Waals surface area contributed by atoms with Gasteiger partial charge in [0.15, 0.2) is 6.61 Å². The molecule has 1 heterocycles. The number of ether oxygens (including phenoxy) is 1. The molecule has 3 rings (SSSR count). The number of nitrogens with one attached hydrogen (secondary N) is 1. The third kappa shape index (κ3) is 4.30. The van der Waals surface area contributed by atoms with Gasteiger partial charge in [0, 0.05) is 17.0 Å². The lowest BCUT2D eigenvalue weighted by Crippen LogP contribution is -2.42. The highest BCUT2D eigenvalue weighted by atomic mass is 16.5. The summed E-state index contributed by atoms with van der Waals surface area (Å²) < 4.78 is 10.8. The predicted octanol–water partition coefficient (Wildman–Crippen LogP) is 2.42. The molecule has 2 N–H and O–H groups in total. The number of carbonyl (C=O) groups is 2. The number of hydrogen-bond donors (Lipinski definition) is 2. The normalized spacial score (nSPS) is 14.0. The van der Waals surface area contributed by atoms with Crippen molar-refractivity contribution in [2.45, 2.75) is 51.5 Å². The lowest BCUT2D eigenvalue weighted by molar-refractivity contribution is -0.142. The summed E-state index contributed by atoms with van der Waals surface area (Å²) in [6.45, 7) is 1.65. The Kier molecular flexibility index (Phi) is 5.78. The molecule has 1 aromatic heterocycles. The zero-order valence-electron chi connectivity index (χ0n) is 15.2. The van der Waals surface area contributed by atoms with Crippen LogP contribution in [0.15, 0.2) is 27.4 Å². The molecule has 0 unspecified atom stereocenters. The Labute approximate surface area is 156 Å². The zero-order valence-corrected chi connectivity index (χ0v) is 15.2. The number of carbonyl (C=O) groups excluding carboxylic acids is 1. The van der Waals surface area contributed by atoms with Gasteiger partial charge in [0.05, 0.1) is 0 Å². The van der Waals surface area contributed by atoms with Crippen LogP contribution < -0.4 is 15.7 Å². The number of carboxylic acids is 1. The van der Waals surface area contributed by atoms with Gasteiger partial charge in [-0.05, 0) is 43.4 Å². The number of carboxylic acid groups (broad SMARTS) is 1. The summed E-state index contributed by atoms with van der Waals surface area (Å²) in [4.78, 5) is 35.2. The molecule has 0 radical (unpaired) electrons. The Bertz CT molecular complexity index is 917. The highest BCUT2D eigenvalue weighted by molar-refractivity contribution is 5.85. The van der Waals surface area contributed by atoms with Gasteiger partial charge >= 0.3 is 11.6 Å². The largest absolute Gasteiger partial charge is 0.484 e. The van der Waals surface area contributed by atoms with E-state index >= 15 is 0 Å². The van der Waals surface area contributed by atoms with Gasteiger partial charge in [-0.25, -0.2) is 9.59 Å². The molecular formula is C20H23NO6. The molecule has 0 saturated carbocycles. The molecule has 1 aliphatic carbocycles. The zero-order chi connectivity index (χ0) is 19.4. The van der Waals surface area contributed by atoms with Crippen molar-refractivity contribution in [2.75, 3.05) is 6.61 Å². The van der Waals surface area contributed by atoms with Gasteiger partial charge in [-0.15, -0.1) is 0 Å². The third-order valence-electron chi connectivity index (χ3n) is 4.79. The Morgan fingerprint density at radius 1 is 1.30 bits per heavy atom. The summed E-state index contributed by atoms with van der Waals surface area (Å²) in [7, 11) is 0. The van der Waals surface area contributed by atoms with Crippen LogP contribution in [0.25, 0.3) is 11.0 Å². The minimum absolute atomic E-state index is 0.309. The van der Waals surface area contributed by atoms with E-state index in [-0.39, 0.29) is 12.2 Å². The van der Waals surface area contributed by atoms with Crippen LogP contribution in [0.4, 0.5) is 0 Å². The van der Waals surface area contributed by atoms with Crippen LogP contribution in [-0.2, 0) is 22.4 Å². The molecule has 27 heavy (non-hydrogen) atoms. The number of hydrogen-bond acceptors (Lipinski definition) is 5. The van der Waals surface area contributed by atoms with Crippen LogP contribution in [0.3, 0.4) is 0 Å². The molecule has 7 heteroatoms. The highest BCUT2D eigenvalue weighted by Crippen LogP contribution is 2.29. The van der Waals surface area contributed by atoms with E-state index in [1.807, 2.05) is 13.0 Å². The number of unbranched alkanes of at least 4 members (excludes halogenated alkanes) is 1. The fourth-order valence-corrected chi connectivity index (χ4v) is 3.40. The maximum Gasteiger partial charge on any atom is 0.339 e. The number of rotatable bonds is 8. The van der Waals surface area contributed by atoms with Crippen molar-refractivity contribution in [3.63, 3.8) is 0 Å². The fraction of sp³-hybridized carbons (Fsp3) is 0.450. The summed E-state index contributed by atoms with van der Waals surface area (Å²) in [6.07, 6.45) is 4.49. The van der Waals surface area contributed by atoms with Gasteiger partial charge in [0.2, 0.25) is 0 Å². The number of amides is 1. The van der Waals surface area contributed by atoms with Crippen molar-refractivity contribution in [3.8, 4) is 5.75 Å². The van der Waals surface area contributed by atoms with E-state index in [0.29, 0.717) is 24.2 Å². The molecular weight excluding hydrogens is 350 g/mol. The molecule has 0 aliphatic heterocycles. The molecule has 2 aromatic rings. The molecule has 1 atom stereocenters. The summed E-state index contributed by atoms with van der Waals surface area (Å²) in [6, 6.07) is 4.23. The van der Waals surface area contributed by atoms with E-state index in [2.05, 4.69) is 5.32 Å². The van der Waals surface area contributed by atoms with Crippen LogP contribution in [0.1, 0.15) is 43.7 Å². The molecule has 1 aromatic carbocycles. The van der Waals surface area contributed by atoms with Gasteiger partial charge in [0.25, 0.3) is 5.91 Å². The number of aliphatic carboxylic acids is 1. The van der Waals surface area contributed by atoms with Gasteiger partial charge in [0.1, 0.15) is 17.4 Å². The second-order valence-electron chi connectivity index (χ2n) is 6.75. The molecule has 1 amide bonds. The Hall–Kier alpha value is -2.83. The van der Waals surface area contributed by atoms with E-state index in [1.54, 1.807) is 12.1 Å². The SMILES string of the molecule is CCCC[C@H](NC(=O)COc1ccc2c3c(c(=O)oc2c1)CCC3)C(=O)O. The van der Waals surface area contributed by atoms with E-state index in [9.17, 15) is 14.4 Å². The van der Waals surface area contributed by atoms with Crippen molar-refractivity contribution >= 4 is 22.8 Å². The van der Waals surface area contributed by atoms with E-state index in [4.69, 9.17) is 14.3 Å². The lowest BCUT2D eigenvalue weighted by Gasteiger charge is -2.14. The molecule has 1 aliphatic rings. The van der Waals surface area contributed by atoms with Crippen LogP contribution in [0.5, 0.6) is 5.75 Å². The summed E-state index contributed by atoms with van der Waals surface area (Å²) >= 11 is 0. The Morgan fingerprint density at radius 2 is 2.07 bits per heavy atom. The Morgan fingerprint density at radius 3 is 2.81 bits per heavy atom. The van der Waals surface area contributed by atoms with E-state index in [0.717, 1.165) is 42.2 Å². The smallest absolute Gasteiger partial charge is 0.339 e. The van der Waals surface area contributed by atoms with E-state index in [1.165, 1.54) is 0 Å². The quantitative estimate of drug-likeness (QED) is 0.689. The van der Waals surface area contributed by atoms with Crippen LogP contribution >= 0.6 is 0 Å². The summed E-state index contributed by atoms with van der Waals surface area (Å²) in [5.74, 6) is -1.17. The monoisotopic (exact) mass is 373 g/mol. The van der Waals surface area contributed by atoms with Crippen molar-refractivity contribution in [2.24, 2.45) is 0 Å². The number of aryl methyl sites for hydroxylation is 1. The van der Waals surface area contributed by atoms with Crippen molar-refractivity contribution in [3.05, 3.63) is 39.7 Å². The minimum atomic E-state index is -1.06. The first-order chi connectivity index (χ1) is 13.0. The fourth-order valence-electron chi connectivity index (χ4n) is 3.40. The van der Waals surface area contributed by atoms with Gasteiger partial charge in [-0.3, -0.25) is 4.79 Å². The molecule has 7 nitrogen and oxygen atoms in total. The van der Waals surface area contributed by atoms with Gasteiger partial charge in [-0.1, -0.05) is 19.8 Å². The van der Waals surface area contributed by atoms with Crippen molar-refractivity contribution < 1.29 is 23.8 Å². The average Bonchev–Trinajstić information content (AvgIpc) is 3.13. The van der Waals surface area contributed by atoms with Crippen LogP contribution in [-0.4, -0.2) is 29.6 Å². The average molecular weight is 373 g/mol. The first-order valence-corrected chi connectivity index (χ1v) is 9.23. The standard InChI is InChI=1S/C20H23NO6/c1-2-3-7-16(19(23)24)21-18(22)11-26-12-8-9-14-13-5-4-6-15(13)20(25)27-17(14)10-12/h8-10,16H,2-7,11H2,1H3,(H,21,22)(H,23,24)/t16-/m0/s1. The maximum atomic E-state index is 12.0. The lowest BCUT2D eigenvalue weighted by atomic mass is 10.1. The molecule has 0 saturated heterocycles. The van der Waals surface area contributed by atoms with Crippen LogP contribution in [0.2, 0.25) is 0 Å². The second-order valence-corrected chi connectivity index (χ2v) is 6.75. The Balaban J connectivity index is 1.66. The summed E-state index contributed by atoms with van der Waals surface area (Å²) in [5, 5.41) is 12.5. The molecule has 144 valence electrons. The van der Waals surface area contributed by atoms with Crippen molar-refractivity contribution in [1.29, 1.82) is 0 Å². The molecule has 0 bridgehead atoms. The first kappa shape index (κ1) is 18.9. The van der Waals surface area contributed by atoms with Crippen molar-refractivity contribution in [1.82, 2.24) is 5.32 Å². The molecule has 0 fully saturated rings. The first-order valence-electron chi connectivity index (χ1n) is 9.23. The van der Waals surface area contributed by atoms with Gasteiger partial charge in [-0.2, -0.15) is 0 Å². The van der Waals surface area contributed by atoms with E-state index < -0.39 is 17.9 Å². The maximum absolute atomic E-state index is 12.0. The third-order valence-corrected chi connectivity index (χ3v) is 4.79. The molecule has 0 spiro atoms. The number of fused-ring (bicyclic) bond motifs is 3. The summed E-state index contributed by atoms with van der Waals surface area (Å²) in [5.41, 5.74) is 1.91. The van der Waals surface area contributed by atoms with Crippen LogP contribution in [0, 0.1) is 0 Å². The number of benzene rings is 1. The minimum Gasteiger partial charge on any atom is -0.484 e. The topological polar surface area (TPSA) is 106 Å². The van der Waals surface area contributed by atoms with Gasteiger partial charge < -0.3 is 19.6 Å². The highest BCUT2D eigenvalue weighted by Gasteiger charge is 2.21. The predicted molar refractivity (Wildman–Crippen MR) is 99.1 cm³/mol.